The highest BCUT2D eigenvalue weighted by Gasteiger charge is 2.08. The van der Waals surface area contributed by atoms with Crippen molar-refractivity contribution in [3.05, 3.63) is 29.3 Å². The third-order valence-electron chi connectivity index (χ3n) is 2.25. The van der Waals surface area contributed by atoms with Crippen molar-refractivity contribution in [3.63, 3.8) is 0 Å². The maximum Gasteiger partial charge on any atom is 0.225 e. The molecule has 0 bridgehead atoms. The molecule has 100 valence electrons. The van der Waals surface area contributed by atoms with Crippen molar-refractivity contribution < 1.29 is 0 Å². The number of rotatable bonds is 2. The molecule has 19 heavy (non-hydrogen) atoms. The number of aromatic nitrogens is 4. The van der Waals surface area contributed by atoms with Gasteiger partial charge in [0.25, 0.3) is 0 Å². The summed E-state index contributed by atoms with van der Waals surface area (Å²) >= 11 is 7.40. The van der Waals surface area contributed by atoms with Crippen LogP contribution in [0.25, 0.3) is 10.2 Å². The number of anilines is 2. The topological polar surface area (TPSA) is 55.6 Å². The van der Waals surface area contributed by atoms with E-state index in [1.807, 2.05) is 43.1 Å². The van der Waals surface area contributed by atoms with Gasteiger partial charge in [0.15, 0.2) is 0 Å². The highest BCUT2D eigenvalue weighted by Crippen LogP contribution is 2.27. The summed E-state index contributed by atoms with van der Waals surface area (Å²) in [6.45, 7) is 4.00. The molecule has 5 nitrogen and oxygen atoms in total. The highest BCUT2D eigenvalue weighted by molar-refractivity contribution is 7.16. The predicted octanol–water partition coefficient (Wildman–Crippen LogP) is 3.85. The molecule has 0 aromatic carbocycles. The van der Waals surface area contributed by atoms with Gasteiger partial charge >= 0.3 is 0 Å². The summed E-state index contributed by atoms with van der Waals surface area (Å²) in [5.41, 5.74) is 0. The number of hydrogen-bond acceptors (Lipinski definition) is 5. The van der Waals surface area contributed by atoms with Crippen LogP contribution in [-0.2, 0) is 7.05 Å². The monoisotopic (exact) mass is 295 g/mol. The fraction of sp³-hybridized carbons (Fsp3) is 0.250. The van der Waals surface area contributed by atoms with E-state index in [1.165, 1.54) is 11.3 Å². The lowest BCUT2D eigenvalue weighted by atomic mass is 10.4. The number of nitrogens with one attached hydrogen (secondary N) is 1. The zero-order valence-corrected chi connectivity index (χ0v) is 12.5. The lowest BCUT2D eigenvalue weighted by Crippen LogP contribution is -1.96. The van der Waals surface area contributed by atoms with Gasteiger partial charge in [0.2, 0.25) is 5.28 Å². The first kappa shape index (κ1) is 13.8. The Kier molecular flexibility index (Phi) is 4.34. The van der Waals surface area contributed by atoms with Crippen LogP contribution in [0.5, 0.6) is 0 Å². The number of nitrogens with zero attached hydrogens (tertiary/aromatic N) is 4. The van der Waals surface area contributed by atoms with Gasteiger partial charge in [-0.15, -0.1) is 11.3 Å². The summed E-state index contributed by atoms with van der Waals surface area (Å²) in [7, 11) is 1.91. The third kappa shape index (κ3) is 3.02. The van der Waals surface area contributed by atoms with Gasteiger partial charge in [0, 0.05) is 13.2 Å². The smallest absolute Gasteiger partial charge is 0.225 e. The number of thiophene rings is 1. The molecule has 1 N–H and O–H groups in total. The molecule has 0 aliphatic rings. The Labute approximate surface area is 120 Å². The van der Waals surface area contributed by atoms with Crippen LogP contribution in [0.15, 0.2) is 24.0 Å². The fourth-order valence-corrected chi connectivity index (χ4v) is 2.51. The zero-order chi connectivity index (χ0) is 13.8. The lowest BCUT2D eigenvalue weighted by molar-refractivity contribution is 0.913. The molecular weight excluding hydrogens is 282 g/mol. The molecule has 3 aromatic heterocycles. The Morgan fingerprint density at radius 3 is 2.79 bits per heavy atom. The fourth-order valence-electron chi connectivity index (χ4n) is 1.52. The zero-order valence-electron chi connectivity index (χ0n) is 10.9. The molecule has 0 aliphatic heterocycles. The van der Waals surface area contributed by atoms with Crippen LogP contribution in [0.2, 0.25) is 5.28 Å². The molecular formula is C12H14ClN5S. The minimum absolute atomic E-state index is 0.235. The summed E-state index contributed by atoms with van der Waals surface area (Å²) in [6.07, 6.45) is 3.59. The Bertz CT molecular complexity index is 676. The summed E-state index contributed by atoms with van der Waals surface area (Å²) in [6, 6.07) is 1.96. The Morgan fingerprint density at radius 2 is 2.11 bits per heavy atom. The van der Waals surface area contributed by atoms with Crippen molar-refractivity contribution in [2.24, 2.45) is 7.05 Å². The van der Waals surface area contributed by atoms with Crippen LogP contribution in [0.4, 0.5) is 11.6 Å². The Balaban J connectivity index is 0.000000637. The maximum atomic E-state index is 5.87. The van der Waals surface area contributed by atoms with Crippen molar-refractivity contribution in [3.8, 4) is 0 Å². The van der Waals surface area contributed by atoms with E-state index in [2.05, 4.69) is 20.3 Å². The van der Waals surface area contributed by atoms with Crippen LogP contribution < -0.4 is 5.32 Å². The second-order valence-corrected chi connectivity index (χ2v) is 4.76. The standard InChI is InChI=1S/C10H8ClN5S.C2H6/c1-16-4-7(12-5-16)13-8-6-2-3-17-9(6)15-10(11)14-8;1-2/h2-5H,1H3,(H,13,14,15);1-2H3. The maximum absolute atomic E-state index is 5.87. The number of imidazole rings is 1. The van der Waals surface area contributed by atoms with Gasteiger partial charge in [-0.1, -0.05) is 13.8 Å². The minimum atomic E-state index is 0.235. The summed E-state index contributed by atoms with van der Waals surface area (Å²) in [5, 5.41) is 6.28. The number of fused-ring (bicyclic) bond motifs is 1. The Morgan fingerprint density at radius 1 is 1.32 bits per heavy atom. The molecule has 0 unspecified atom stereocenters. The van der Waals surface area contributed by atoms with E-state index < -0.39 is 0 Å². The second kappa shape index (κ2) is 5.99. The molecule has 0 aliphatic carbocycles. The lowest BCUT2D eigenvalue weighted by Gasteiger charge is -2.03. The molecule has 0 atom stereocenters. The van der Waals surface area contributed by atoms with E-state index in [-0.39, 0.29) is 5.28 Å². The molecule has 0 saturated carbocycles. The molecule has 0 fully saturated rings. The summed E-state index contributed by atoms with van der Waals surface area (Å²) in [5.74, 6) is 1.41. The van der Waals surface area contributed by atoms with Crippen molar-refractivity contribution >= 4 is 44.8 Å². The molecule has 7 heteroatoms. The van der Waals surface area contributed by atoms with Crippen molar-refractivity contribution in [2.75, 3.05) is 5.32 Å². The van der Waals surface area contributed by atoms with Gasteiger partial charge < -0.3 is 9.88 Å². The predicted molar refractivity (Wildman–Crippen MR) is 80.3 cm³/mol. The van der Waals surface area contributed by atoms with Crippen LogP contribution in [0.3, 0.4) is 0 Å². The highest BCUT2D eigenvalue weighted by atomic mass is 35.5. The minimum Gasteiger partial charge on any atom is -0.338 e. The van der Waals surface area contributed by atoms with E-state index in [4.69, 9.17) is 11.6 Å². The number of halogens is 1. The first-order valence-corrected chi connectivity index (χ1v) is 7.14. The summed E-state index contributed by atoms with van der Waals surface area (Å²) < 4.78 is 1.86. The Hall–Kier alpha value is -1.66. The number of hydrogen-bond donors (Lipinski definition) is 1. The van der Waals surface area contributed by atoms with Crippen LogP contribution in [-0.4, -0.2) is 19.5 Å². The first-order chi connectivity index (χ1) is 9.22. The molecule has 3 rings (SSSR count). The van der Waals surface area contributed by atoms with Gasteiger partial charge in [-0.3, -0.25) is 0 Å². The van der Waals surface area contributed by atoms with E-state index in [9.17, 15) is 0 Å². The number of aryl methyl sites for hydroxylation is 1. The SMILES string of the molecule is CC.Cn1cnc(Nc2nc(Cl)nc3sccc23)c1. The van der Waals surface area contributed by atoms with E-state index >= 15 is 0 Å². The molecule has 3 heterocycles. The third-order valence-corrected chi connectivity index (χ3v) is 3.22. The molecule has 3 aromatic rings. The molecule has 0 radical (unpaired) electrons. The second-order valence-electron chi connectivity index (χ2n) is 3.53. The van der Waals surface area contributed by atoms with E-state index in [1.54, 1.807) is 6.33 Å². The largest absolute Gasteiger partial charge is 0.338 e. The average molecular weight is 296 g/mol. The molecule has 0 amide bonds. The van der Waals surface area contributed by atoms with E-state index in [0.29, 0.717) is 5.82 Å². The van der Waals surface area contributed by atoms with Crippen LogP contribution >= 0.6 is 22.9 Å². The van der Waals surface area contributed by atoms with Gasteiger partial charge in [0.1, 0.15) is 16.5 Å². The van der Waals surface area contributed by atoms with E-state index in [0.717, 1.165) is 16.0 Å². The van der Waals surface area contributed by atoms with Gasteiger partial charge in [0.05, 0.1) is 11.7 Å². The van der Waals surface area contributed by atoms with Crippen LogP contribution in [0.1, 0.15) is 13.8 Å². The van der Waals surface area contributed by atoms with Gasteiger partial charge in [-0.25, -0.2) is 9.97 Å². The van der Waals surface area contributed by atoms with Crippen molar-refractivity contribution in [1.29, 1.82) is 0 Å². The average Bonchev–Trinajstić information content (AvgIpc) is 3.01. The van der Waals surface area contributed by atoms with Crippen LogP contribution in [0, 0.1) is 0 Å². The molecule has 0 spiro atoms. The first-order valence-electron chi connectivity index (χ1n) is 5.88. The summed E-state index contributed by atoms with van der Waals surface area (Å²) in [4.78, 5) is 13.4. The van der Waals surface area contributed by atoms with Gasteiger partial charge in [-0.05, 0) is 23.0 Å². The van der Waals surface area contributed by atoms with Crippen molar-refractivity contribution in [1.82, 2.24) is 19.5 Å². The normalized spacial score (nSPS) is 10.1. The van der Waals surface area contributed by atoms with Gasteiger partial charge in [-0.2, -0.15) is 4.98 Å². The van der Waals surface area contributed by atoms with Crippen molar-refractivity contribution in [2.45, 2.75) is 13.8 Å². The molecule has 0 saturated heterocycles. The quantitative estimate of drug-likeness (QED) is 0.730.